The number of nitrogens with two attached hydrogens (primary N) is 1. The van der Waals surface area contributed by atoms with Crippen LogP contribution >= 0.6 is 0 Å². The number of nitrogens with zero attached hydrogens (tertiary/aromatic N) is 3. The summed E-state index contributed by atoms with van der Waals surface area (Å²) in [6.07, 6.45) is 5.69. The molecular weight excluding hydrogens is 298 g/mol. The highest BCUT2D eigenvalue weighted by molar-refractivity contribution is 5.73. The van der Waals surface area contributed by atoms with Gasteiger partial charge in [0, 0.05) is 17.7 Å². The maximum atomic E-state index is 6.00. The Morgan fingerprint density at radius 2 is 1.96 bits per heavy atom. The van der Waals surface area contributed by atoms with E-state index in [2.05, 4.69) is 44.5 Å². The van der Waals surface area contributed by atoms with Gasteiger partial charge in [-0.2, -0.15) is 4.98 Å². The van der Waals surface area contributed by atoms with Gasteiger partial charge in [0.05, 0.1) is 5.69 Å². The van der Waals surface area contributed by atoms with E-state index in [9.17, 15) is 0 Å². The van der Waals surface area contributed by atoms with Crippen molar-refractivity contribution in [1.82, 2.24) is 14.9 Å². The summed E-state index contributed by atoms with van der Waals surface area (Å²) in [7, 11) is 0. The van der Waals surface area contributed by atoms with Crippen molar-refractivity contribution in [1.29, 1.82) is 0 Å². The van der Waals surface area contributed by atoms with Gasteiger partial charge in [0.15, 0.2) is 0 Å². The Labute approximate surface area is 143 Å². The molecule has 1 aliphatic heterocycles. The van der Waals surface area contributed by atoms with Gasteiger partial charge in [-0.25, -0.2) is 4.98 Å². The third-order valence-electron chi connectivity index (χ3n) is 5.06. The van der Waals surface area contributed by atoms with Gasteiger partial charge in [-0.15, -0.1) is 0 Å². The molecule has 0 saturated carbocycles. The minimum Gasteiger partial charge on any atom is -0.370 e. The molecule has 0 radical (unpaired) electrons. The summed E-state index contributed by atoms with van der Waals surface area (Å²) in [5.41, 5.74) is 10.8. The zero-order valence-electron chi connectivity index (χ0n) is 14.1. The highest BCUT2D eigenvalue weighted by Crippen LogP contribution is 2.34. The second kappa shape index (κ2) is 6.77. The molecule has 1 fully saturated rings. The van der Waals surface area contributed by atoms with Crippen molar-refractivity contribution in [2.75, 3.05) is 37.2 Å². The number of hydrogen-bond acceptors (Lipinski definition) is 5. The Kier molecular flexibility index (Phi) is 4.34. The van der Waals surface area contributed by atoms with Gasteiger partial charge >= 0.3 is 0 Å². The average Bonchev–Trinajstić information content (AvgIpc) is 2.72. The van der Waals surface area contributed by atoms with Crippen LogP contribution in [0.3, 0.4) is 0 Å². The molecule has 2 heterocycles. The second-order valence-corrected chi connectivity index (χ2v) is 6.74. The SMILES string of the molecule is Nc1nc(NCCCN2CCC2)c2c(n1)-c1ccccc1CCC2. The van der Waals surface area contributed by atoms with Crippen molar-refractivity contribution in [2.45, 2.75) is 32.1 Å². The first-order chi connectivity index (χ1) is 11.8. The fourth-order valence-corrected chi connectivity index (χ4v) is 3.65. The summed E-state index contributed by atoms with van der Waals surface area (Å²) < 4.78 is 0. The van der Waals surface area contributed by atoms with Crippen LogP contribution in [0.2, 0.25) is 0 Å². The summed E-state index contributed by atoms with van der Waals surface area (Å²) in [6, 6.07) is 8.53. The number of rotatable bonds is 5. The predicted octanol–water partition coefficient (Wildman–Crippen LogP) is 2.72. The number of benzene rings is 1. The first-order valence-corrected chi connectivity index (χ1v) is 9.02. The van der Waals surface area contributed by atoms with E-state index in [1.54, 1.807) is 0 Å². The highest BCUT2D eigenvalue weighted by Gasteiger charge is 2.20. The van der Waals surface area contributed by atoms with Crippen LogP contribution in [0.1, 0.15) is 30.4 Å². The van der Waals surface area contributed by atoms with Gasteiger partial charge in [0.2, 0.25) is 5.95 Å². The summed E-state index contributed by atoms with van der Waals surface area (Å²) in [5, 5.41) is 3.52. The number of likely N-dealkylation sites (tertiary alicyclic amines) is 1. The maximum absolute atomic E-state index is 6.00. The number of nitrogens with one attached hydrogen (secondary N) is 1. The molecule has 126 valence electrons. The Morgan fingerprint density at radius 1 is 1.08 bits per heavy atom. The van der Waals surface area contributed by atoms with E-state index >= 15 is 0 Å². The number of nitrogen functional groups attached to an aromatic ring is 1. The summed E-state index contributed by atoms with van der Waals surface area (Å²) in [4.78, 5) is 11.6. The van der Waals surface area contributed by atoms with Gasteiger partial charge in [-0.1, -0.05) is 24.3 Å². The van der Waals surface area contributed by atoms with Crippen molar-refractivity contribution < 1.29 is 0 Å². The molecule has 2 aliphatic rings. The van der Waals surface area contributed by atoms with Crippen molar-refractivity contribution in [3.63, 3.8) is 0 Å². The van der Waals surface area contributed by atoms with E-state index < -0.39 is 0 Å². The first kappa shape index (κ1) is 15.4. The zero-order chi connectivity index (χ0) is 16.4. The minimum absolute atomic E-state index is 0.357. The molecule has 0 spiro atoms. The van der Waals surface area contributed by atoms with E-state index in [1.165, 1.54) is 42.7 Å². The molecule has 0 unspecified atom stereocenters. The van der Waals surface area contributed by atoms with E-state index in [1.807, 2.05) is 0 Å². The molecule has 1 aliphatic carbocycles. The van der Waals surface area contributed by atoms with Crippen molar-refractivity contribution in [2.24, 2.45) is 0 Å². The number of aromatic nitrogens is 2. The second-order valence-electron chi connectivity index (χ2n) is 6.74. The van der Waals surface area contributed by atoms with Crippen LogP contribution in [0.25, 0.3) is 11.3 Å². The Balaban J connectivity index is 1.56. The van der Waals surface area contributed by atoms with Crippen LogP contribution in [0, 0.1) is 0 Å². The quantitative estimate of drug-likeness (QED) is 0.828. The molecule has 24 heavy (non-hydrogen) atoms. The van der Waals surface area contributed by atoms with Crippen molar-refractivity contribution in [3.05, 3.63) is 35.4 Å². The van der Waals surface area contributed by atoms with Gasteiger partial charge in [0.25, 0.3) is 0 Å². The topological polar surface area (TPSA) is 67.1 Å². The lowest BCUT2D eigenvalue weighted by Gasteiger charge is -2.30. The van der Waals surface area contributed by atoms with E-state index in [-0.39, 0.29) is 0 Å². The Hall–Kier alpha value is -2.14. The lowest BCUT2D eigenvalue weighted by Crippen LogP contribution is -2.38. The molecule has 4 rings (SSSR count). The van der Waals surface area contributed by atoms with Gasteiger partial charge < -0.3 is 16.0 Å². The van der Waals surface area contributed by atoms with E-state index in [0.717, 1.165) is 43.7 Å². The van der Waals surface area contributed by atoms with Gasteiger partial charge in [0.1, 0.15) is 5.82 Å². The first-order valence-electron chi connectivity index (χ1n) is 9.02. The van der Waals surface area contributed by atoms with Crippen molar-refractivity contribution >= 4 is 11.8 Å². The largest absolute Gasteiger partial charge is 0.370 e. The van der Waals surface area contributed by atoms with Crippen LogP contribution in [0.4, 0.5) is 11.8 Å². The normalized spacial score (nSPS) is 16.7. The monoisotopic (exact) mass is 323 g/mol. The summed E-state index contributed by atoms with van der Waals surface area (Å²) >= 11 is 0. The van der Waals surface area contributed by atoms with Crippen LogP contribution < -0.4 is 11.1 Å². The molecule has 5 nitrogen and oxygen atoms in total. The van der Waals surface area contributed by atoms with Crippen molar-refractivity contribution in [3.8, 4) is 11.3 Å². The number of fused-ring (bicyclic) bond motifs is 3. The molecule has 0 bridgehead atoms. The molecule has 3 N–H and O–H groups in total. The lowest BCUT2D eigenvalue weighted by atomic mass is 10.0. The molecule has 2 aromatic rings. The average molecular weight is 323 g/mol. The fourth-order valence-electron chi connectivity index (χ4n) is 3.65. The third-order valence-corrected chi connectivity index (χ3v) is 5.06. The standard InChI is InChI=1S/C19H25N5/c20-19-22-17-15-8-2-1-6-14(15)7-3-9-16(17)18(23-19)21-10-4-11-24-12-5-13-24/h1-2,6,8H,3-5,7,9-13H2,(H3,20,21,22,23). The number of anilines is 2. The number of aryl methyl sites for hydroxylation is 1. The molecule has 0 atom stereocenters. The third kappa shape index (κ3) is 3.08. The fraction of sp³-hybridized carbons (Fsp3) is 0.474. The lowest BCUT2D eigenvalue weighted by molar-refractivity contribution is 0.181. The molecule has 1 saturated heterocycles. The van der Waals surface area contributed by atoms with Crippen LogP contribution in [-0.2, 0) is 12.8 Å². The zero-order valence-corrected chi connectivity index (χ0v) is 14.1. The smallest absolute Gasteiger partial charge is 0.222 e. The maximum Gasteiger partial charge on any atom is 0.222 e. The van der Waals surface area contributed by atoms with Gasteiger partial charge in [-0.05, 0) is 57.3 Å². The van der Waals surface area contributed by atoms with Crippen LogP contribution in [0.5, 0.6) is 0 Å². The molecule has 1 aromatic carbocycles. The molecule has 0 amide bonds. The van der Waals surface area contributed by atoms with Gasteiger partial charge in [-0.3, -0.25) is 0 Å². The van der Waals surface area contributed by atoms with Crippen LogP contribution in [-0.4, -0.2) is 41.0 Å². The Morgan fingerprint density at radius 3 is 2.79 bits per heavy atom. The summed E-state index contributed by atoms with van der Waals surface area (Å²) in [5.74, 6) is 1.29. The highest BCUT2D eigenvalue weighted by atomic mass is 15.2. The molecular formula is C19H25N5. The van der Waals surface area contributed by atoms with E-state index in [4.69, 9.17) is 5.73 Å². The van der Waals surface area contributed by atoms with E-state index in [0.29, 0.717) is 5.95 Å². The molecule has 5 heteroatoms. The Bertz CT molecular complexity index is 724. The summed E-state index contributed by atoms with van der Waals surface area (Å²) in [6.45, 7) is 4.61. The number of hydrogen-bond donors (Lipinski definition) is 2. The molecule has 1 aromatic heterocycles. The predicted molar refractivity (Wildman–Crippen MR) is 98.1 cm³/mol. The van der Waals surface area contributed by atoms with Crippen LogP contribution in [0.15, 0.2) is 24.3 Å². The minimum atomic E-state index is 0.357.